The maximum absolute atomic E-state index is 11.7. The molecule has 1 N–H and O–H groups in total. The molecule has 0 aromatic heterocycles. The minimum absolute atomic E-state index is 0.0479. The molecule has 1 fully saturated rings. The van der Waals surface area contributed by atoms with Gasteiger partial charge in [-0.25, -0.2) is 21.6 Å². The highest BCUT2D eigenvalue weighted by Crippen LogP contribution is 2.18. The molecule has 1 rings (SSSR count). The lowest BCUT2D eigenvalue weighted by Gasteiger charge is -2.22. The summed E-state index contributed by atoms with van der Waals surface area (Å²) in [6.07, 6.45) is 5.69. The highest BCUT2D eigenvalue weighted by Gasteiger charge is 2.32. The van der Waals surface area contributed by atoms with E-state index in [1.807, 2.05) is 0 Å². The standard InChI is InChI=1S/C9H15NO4S2/c1-2-3-6-10-16(13,14)9-4-7-15(11,12)8-5-9/h1,9-10H,3-8H2. The normalized spacial score (nSPS) is 21.4. The van der Waals surface area contributed by atoms with Crippen molar-refractivity contribution in [1.29, 1.82) is 0 Å². The molecule has 0 radical (unpaired) electrons. The van der Waals surface area contributed by atoms with Crippen LogP contribution < -0.4 is 4.72 Å². The van der Waals surface area contributed by atoms with Gasteiger partial charge in [-0.3, -0.25) is 0 Å². The molecule has 1 heterocycles. The molecule has 0 aliphatic carbocycles. The quantitative estimate of drug-likeness (QED) is 0.549. The summed E-state index contributed by atoms with van der Waals surface area (Å²) < 4.78 is 48.1. The fourth-order valence-electron chi connectivity index (χ4n) is 1.56. The van der Waals surface area contributed by atoms with E-state index in [2.05, 4.69) is 10.6 Å². The predicted octanol–water partition coefficient (Wildman–Crippen LogP) is -0.494. The van der Waals surface area contributed by atoms with Crippen molar-refractivity contribution in [3.05, 3.63) is 0 Å². The fourth-order valence-corrected chi connectivity index (χ4v) is 4.83. The molecule has 1 saturated heterocycles. The van der Waals surface area contributed by atoms with Crippen LogP contribution in [0, 0.1) is 12.3 Å². The number of nitrogens with one attached hydrogen (secondary N) is 1. The maximum atomic E-state index is 11.7. The van der Waals surface area contributed by atoms with Crippen LogP contribution in [0.3, 0.4) is 0 Å². The zero-order valence-electron chi connectivity index (χ0n) is 8.85. The van der Waals surface area contributed by atoms with Gasteiger partial charge in [0.05, 0.1) is 16.8 Å². The first-order valence-electron chi connectivity index (χ1n) is 5.00. The van der Waals surface area contributed by atoms with Gasteiger partial charge in [0.1, 0.15) is 9.84 Å². The van der Waals surface area contributed by atoms with E-state index in [9.17, 15) is 16.8 Å². The molecule has 1 aliphatic heterocycles. The first kappa shape index (κ1) is 13.5. The van der Waals surface area contributed by atoms with Gasteiger partial charge in [-0.2, -0.15) is 0 Å². The number of hydrogen-bond donors (Lipinski definition) is 1. The third kappa shape index (κ3) is 3.77. The minimum Gasteiger partial charge on any atom is -0.229 e. The summed E-state index contributed by atoms with van der Waals surface area (Å²) in [7, 11) is -6.44. The molecule has 1 aliphatic rings. The van der Waals surface area contributed by atoms with Crippen molar-refractivity contribution >= 4 is 19.9 Å². The Hall–Kier alpha value is -0.580. The Labute approximate surface area is 96.6 Å². The van der Waals surface area contributed by atoms with Crippen molar-refractivity contribution < 1.29 is 16.8 Å². The first-order chi connectivity index (χ1) is 7.37. The molecule has 0 amide bonds. The van der Waals surface area contributed by atoms with Gasteiger partial charge in [0, 0.05) is 13.0 Å². The van der Waals surface area contributed by atoms with Crippen molar-refractivity contribution in [3.8, 4) is 12.3 Å². The largest absolute Gasteiger partial charge is 0.229 e. The molecule has 0 atom stereocenters. The highest BCUT2D eigenvalue weighted by molar-refractivity contribution is 7.92. The van der Waals surface area contributed by atoms with E-state index < -0.39 is 25.1 Å². The Morgan fingerprint density at radius 1 is 1.31 bits per heavy atom. The Balaban J connectivity index is 2.56. The second-order valence-electron chi connectivity index (χ2n) is 3.74. The Morgan fingerprint density at radius 3 is 2.38 bits per heavy atom. The number of hydrogen-bond acceptors (Lipinski definition) is 4. The van der Waals surface area contributed by atoms with Crippen LogP contribution >= 0.6 is 0 Å². The third-order valence-corrected chi connectivity index (χ3v) is 6.18. The monoisotopic (exact) mass is 265 g/mol. The zero-order valence-corrected chi connectivity index (χ0v) is 10.5. The zero-order chi connectivity index (χ0) is 12.2. The van der Waals surface area contributed by atoms with Crippen LogP contribution in [-0.4, -0.2) is 40.1 Å². The van der Waals surface area contributed by atoms with Gasteiger partial charge >= 0.3 is 0 Å². The lowest BCUT2D eigenvalue weighted by atomic mass is 10.2. The second kappa shape index (κ2) is 5.17. The fraction of sp³-hybridized carbons (Fsp3) is 0.778. The Morgan fingerprint density at radius 2 is 1.88 bits per heavy atom. The predicted molar refractivity (Wildman–Crippen MR) is 62.0 cm³/mol. The first-order valence-corrected chi connectivity index (χ1v) is 8.36. The van der Waals surface area contributed by atoms with Gasteiger partial charge in [0.25, 0.3) is 0 Å². The molecule has 7 heteroatoms. The Bertz CT molecular complexity index is 458. The van der Waals surface area contributed by atoms with Crippen molar-refractivity contribution in [3.63, 3.8) is 0 Å². The lowest BCUT2D eigenvalue weighted by Crippen LogP contribution is -2.40. The summed E-state index contributed by atoms with van der Waals surface area (Å²) in [6.45, 7) is 0.210. The van der Waals surface area contributed by atoms with E-state index in [0.717, 1.165) is 0 Å². The van der Waals surface area contributed by atoms with Gasteiger partial charge in [-0.15, -0.1) is 12.3 Å². The topological polar surface area (TPSA) is 80.3 Å². The highest BCUT2D eigenvalue weighted by atomic mass is 32.2. The lowest BCUT2D eigenvalue weighted by molar-refractivity contribution is 0.543. The van der Waals surface area contributed by atoms with E-state index in [1.54, 1.807) is 0 Å². The van der Waals surface area contributed by atoms with Gasteiger partial charge in [-0.1, -0.05) is 0 Å². The van der Waals surface area contributed by atoms with E-state index in [1.165, 1.54) is 0 Å². The average Bonchev–Trinajstić information content (AvgIpc) is 2.17. The van der Waals surface area contributed by atoms with Gasteiger partial charge in [0.2, 0.25) is 10.0 Å². The number of sulfone groups is 1. The summed E-state index contributed by atoms with van der Waals surface area (Å²) in [5.74, 6) is 2.24. The molecule has 0 saturated carbocycles. The van der Waals surface area contributed by atoms with Crippen LogP contribution in [0.15, 0.2) is 0 Å². The van der Waals surface area contributed by atoms with Crippen molar-refractivity contribution in [2.45, 2.75) is 24.5 Å². The van der Waals surface area contributed by atoms with Crippen LogP contribution in [0.5, 0.6) is 0 Å². The van der Waals surface area contributed by atoms with Gasteiger partial charge in [0.15, 0.2) is 0 Å². The molecule has 0 unspecified atom stereocenters. The molecule has 0 aromatic rings. The van der Waals surface area contributed by atoms with Crippen molar-refractivity contribution in [1.82, 2.24) is 4.72 Å². The van der Waals surface area contributed by atoms with Crippen molar-refractivity contribution in [2.24, 2.45) is 0 Å². The summed E-state index contributed by atoms with van der Waals surface area (Å²) in [4.78, 5) is 0. The van der Waals surface area contributed by atoms with E-state index in [-0.39, 0.29) is 30.9 Å². The SMILES string of the molecule is C#CCCNS(=O)(=O)C1CCS(=O)(=O)CC1. The van der Waals surface area contributed by atoms with Crippen LogP contribution in [0.4, 0.5) is 0 Å². The van der Waals surface area contributed by atoms with Crippen molar-refractivity contribution in [2.75, 3.05) is 18.1 Å². The summed E-state index contributed by atoms with van der Waals surface area (Å²) in [6, 6.07) is 0. The van der Waals surface area contributed by atoms with Crippen LogP contribution in [0.1, 0.15) is 19.3 Å². The molecule has 5 nitrogen and oxygen atoms in total. The van der Waals surface area contributed by atoms with E-state index in [4.69, 9.17) is 6.42 Å². The second-order valence-corrected chi connectivity index (χ2v) is 8.09. The Kier molecular flexibility index (Phi) is 4.35. The number of rotatable bonds is 4. The molecule has 0 aromatic carbocycles. The van der Waals surface area contributed by atoms with Gasteiger partial charge in [-0.05, 0) is 12.8 Å². The maximum Gasteiger partial charge on any atom is 0.214 e. The van der Waals surface area contributed by atoms with Crippen LogP contribution in [0.2, 0.25) is 0 Å². The summed E-state index contributed by atoms with van der Waals surface area (Å²) in [5, 5.41) is -0.603. The van der Waals surface area contributed by atoms with Gasteiger partial charge < -0.3 is 0 Å². The third-order valence-electron chi connectivity index (χ3n) is 2.51. The number of sulfonamides is 1. The summed E-state index contributed by atoms with van der Waals surface area (Å²) in [5.41, 5.74) is 0. The van der Waals surface area contributed by atoms with Crippen LogP contribution in [0.25, 0.3) is 0 Å². The van der Waals surface area contributed by atoms with E-state index >= 15 is 0 Å². The molecule has 92 valence electrons. The van der Waals surface area contributed by atoms with E-state index in [0.29, 0.717) is 6.42 Å². The average molecular weight is 265 g/mol. The number of terminal acetylenes is 1. The molecule has 16 heavy (non-hydrogen) atoms. The summed E-state index contributed by atoms with van der Waals surface area (Å²) >= 11 is 0. The minimum atomic E-state index is -3.42. The smallest absolute Gasteiger partial charge is 0.214 e. The van der Waals surface area contributed by atoms with Crippen LogP contribution in [-0.2, 0) is 19.9 Å². The molecule has 0 spiro atoms. The molecular formula is C9H15NO4S2. The molecular weight excluding hydrogens is 250 g/mol. The molecule has 0 bridgehead atoms.